The molecule has 1 aromatic heterocycles. The fourth-order valence-electron chi connectivity index (χ4n) is 1.31. The molecule has 0 bridgehead atoms. The van der Waals surface area contributed by atoms with Crippen LogP contribution in [0.4, 0.5) is 0 Å². The van der Waals surface area contributed by atoms with Crippen LogP contribution in [0.5, 0.6) is 0 Å². The molecule has 0 atom stereocenters. The lowest BCUT2D eigenvalue weighted by Crippen LogP contribution is -1.68. The van der Waals surface area contributed by atoms with E-state index >= 15 is 0 Å². The topological polar surface area (TPSA) is 0 Å². The average Bonchev–Trinajstić information content (AvgIpc) is 2.72. The van der Waals surface area contributed by atoms with Crippen molar-refractivity contribution in [2.75, 3.05) is 0 Å². The van der Waals surface area contributed by atoms with E-state index in [2.05, 4.69) is 30.9 Å². The highest BCUT2D eigenvalue weighted by Gasteiger charge is 1.88. The minimum Gasteiger partial charge on any atom is -0.141 e. The van der Waals surface area contributed by atoms with Crippen molar-refractivity contribution in [2.24, 2.45) is 0 Å². The van der Waals surface area contributed by atoms with E-state index in [4.69, 9.17) is 0 Å². The molecule has 0 nitrogen and oxygen atoms in total. The maximum atomic E-state index is 3.09. The largest absolute Gasteiger partial charge is 0.141 e. The molecule has 0 N–H and O–H groups in total. The van der Waals surface area contributed by atoms with Crippen molar-refractivity contribution in [3.8, 4) is 11.8 Å². The van der Waals surface area contributed by atoms with Gasteiger partial charge in [0.05, 0.1) is 0 Å². The van der Waals surface area contributed by atoms with E-state index in [0.717, 1.165) is 5.56 Å². The average molecular weight is 224 g/mol. The third-order valence-electron chi connectivity index (χ3n) is 2.08. The van der Waals surface area contributed by atoms with E-state index in [1.165, 1.54) is 9.75 Å². The monoisotopic (exact) mass is 224 g/mol. The predicted octanol–water partition coefficient (Wildman–Crippen LogP) is 4.12. The summed E-state index contributed by atoms with van der Waals surface area (Å²) in [6.07, 6.45) is 3.95. The van der Waals surface area contributed by atoms with Crippen LogP contribution in [0.15, 0.2) is 48.5 Å². The highest BCUT2D eigenvalue weighted by molar-refractivity contribution is 7.12. The van der Waals surface area contributed by atoms with Crippen molar-refractivity contribution in [1.29, 1.82) is 0 Å². The SMILES string of the molecule is Cc1ccc(/C=C/C#Cc2ccccc2)s1. The van der Waals surface area contributed by atoms with Gasteiger partial charge in [0.15, 0.2) is 0 Å². The summed E-state index contributed by atoms with van der Waals surface area (Å²) in [5, 5.41) is 0. The van der Waals surface area contributed by atoms with E-state index < -0.39 is 0 Å². The number of rotatable bonds is 1. The van der Waals surface area contributed by atoms with Crippen LogP contribution in [0.2, 0.25) is 0 Å². The summed E-state index contributed by atoms with van der Waals surface area (Å²) in [4.78, 5) is 2.58. The first-order valence-corrected chi connectivity index (χ1v) is 5.96. The van der Waals surface area contributed by atoms with Crippen LogP contribution in [0.25, 0.3) is 6.08 Å². The molecule has 2 rings (SSSR count). The standard InChI is InChI=1S/C15H12S/c1-13-11-12-15(16-13)10-6-5-9-14-7-3-2-4-8-14/h2-4,6-8,10-12H,1H3/b10-6+. The summed E-state index contributed by atoms with van der Waals surface area (Å²) >= 11 is 1.78. The van der Waals surface area contributed by atoms with E-state index in [-0.39, 0.29) is 0 Å². The summed E-state index contributed by atoms with van der Waals surface area (Å²) < 4.78 is 0. The summed E-state index contributed by atoms with van der Waals surface area (Å²) in [7, 11) is 0. The molecule has 0 unspecified atom stereocenters. The minimum absolute atomic E-state index is 1.05. The molecule has 0 saturated heterocycles. The molecule has 1 aromatic carbocycles. The van der Waals surface area contributed by atoms with Crippen LogP contribution in [0.1, 0.15) is 15.3 Å². The van der Waals surface area contributed by atoms with Crippen molar-refractivity contribution in [2.45, 2.75) is 6.92 Å². The van der Waals surface area contributed by atoms with Gasteiger partial charge in [-0.15, -0.1) is 11.3 Å². The summed E-state index contributed by atoms with van der Waals surface area (Å²) in [6.45, 7) is 2.11. The maximum absolute atomic E-state index is 3.09. The third-order valence-corrected chi connectivity index (χ3v) is 3.05. The Labute approximate surface area is 100 Å². The Morgan fingerprint density at radius 1 is 1.06 bits per heavy atom. The molecule has 16 heavy (non-hydrogen) atoms. The van der Waals surface area contributed by atoms with Gasteiger partial charge in [0.1, 0.15) is 0 Å². The van der Waals surface area contributed by atoms with Gasteiger partial charge >= 0.3 is 0 Å². The van der Waals surface area contributed by atoms with Crippen molar-refractivity contribution < 1.29 is 0 Å². The maximum Gasteiger partial charge on any atom is 0.0279 e. The molecule has 0 spiro atoms. The van der Waals surface area contributed by atoms with Gasteiger partial charge in [0.2, 0.25) is 0 Å². The second-order valence-corrected chi connectivity index (χ2v) is 4.74. The Morgan fingerprint density at radius 3 is 2.56 bits per heavy atom. The zero-order valence-corrected chi connectivity index (χ0v) is 9.92. The normalized spacial score (nSPS) is 10.1. The van der Waals surface area contributed by atoms with Gasteiger partial charge < -0.3 is 0 Å². The molecule has 2 aromatic rings. The van der Waals surface area contributed by atoms with Crippen molar-refractivity contribution in [1.82, 2.24) is 0 Å². The Bertz CT molecular complexity index is 536. The van der Waals surface area contributed by atoms with Gasteiger partial charge in [-0.3, -0.25) is 0 Å². The van der Waals surface area contributed by atoms with Crippen LogP contribution in [-0.2, 0) is 0 Å². The van der Waals surface area contributed by atoms with E-state index in [1.54, 1.807) is 11.3 Å². The van der Waals surface area contributed by atoms with Crippen molar-refractivity contribution in [3.63, 3.8) is 0 Å². The fourth-order valence-corrected chi connectivity index (χ4v) is 2.09. The number of aryl methyl sites for hydroxylation is 1. The first kappa shape index (κ1) is 10.7. The van der Waals surface area contributed by atoms with Crippen LogP contribution >= 0.6 is 11.3 Å². The molecule has 0 amide bonds. The van der Waals surface area contributed by atoms with Crippen LogP contribution in [0.3, 0.4) is 0 Å². The number of allylic oxidation sites excluding steroid dienone is 1. The van der Waals surface area contributed by atoms with Gasteiger partial charge in [-0.2, -0.15) is 0 Å². The Kier molecular flexibility index (Phi) is 3.58. The second-order valence-electron chi connectivity index (χ2n) is 3.42. The number of benzene rings is 1. The molecular weight excluding hydrogens is 212 g/mol. The van der Waals surface area contributed by atoms with Crippen molar-refractivity contribution >= 4 is 17.4 Å². The third kappa shape index (κ3) is 3.12. The number of hydrogen-bond donors (Lipinski definition) is 0. The molecule has 0 aliphatic carbocycles. The van der Waals surface area contributed by atoms with E-state index in [0.29, 0.717) is 0 Å². The summed E-state index contributed by atoms with van der Waals surface area (Å²) in [5.74, 6) is 6.13. The molecule has 1 heterocycles. The lowest BCUT2D eigenvalue weighted by atomic mass is 10.2. The molecule has 0 radical (unpaired) electrons. The Balaban J connectivity index is 2.03. The lowest BCUT2D eigenvalue weighted by molar-refractivity contribution is 1.64. The van der Waals surface area contributed by atoms with Gasteiger partial charge in [-0.25, -0.2) is 0 Å². The Hall–Kier alpha value is -1.78. The summed E-state index contributed by atoms with van der Waals surface area (Å²) in [6, 6.07) is 14.2. The molecule has 0 aliphatic heterocycles. The van der Waals surface area contributed by atoms with Gasteiger partial charge in [0, 0.05) is 15.3 Å². The highest BCUT2D eigenvalue weighted by Crippen LogP contribution is 2.15. The van der Waals surface area contributed by atoms with Gasteiger partial charge in [-0.1, -0.05) is 30.0 Å². The number of thiophene rings is 1. The van der Waals surface area contributed by atoms with E-state index in [9.17, 15) is 0 Å². The fraction of sp³-hybridized carbons (Fsp3) is 0.0667. The van der Waals surface area contributed by atoms with Gasteiger partial charge in [-0.05, 0) is 43.3 Å². The molecular formula is C15H12S. The first-order chi connectivity index (χ1) is 7.84. The van der Waals surface area contributed by atoms with Crippen LogP contribution in [0, 0.1) is 18.8 Å². The second kappa shape index (κ2) is 5.34. The molecule has 1 heteroatoms. The number of hydrogen-bond acceptors (Lipinski definition) is 1. The zero-order valence-electron chi connectivity index (χ0n) is 9.10. The van der Waals surface area contributed by atoms with E-state index in [1.807, 2.05) is 42.5 Å². The van der Waals surface area contributed by atoms with Crippen molar-refractivity contribution in [3.05, 3.63) is 63.9 Å². The van der Waals surface area contributed by atoms with Gasteiger partial charge in [0.25, 0.3) is 0 Å². The predicted molar refractivity (Wildman–Crippen MR) is 71.4 cm³/mol. The molecule has 0 fully saturated rings. The molecule has 78 valence electrons. The highest BCUT2D eigenvalue weighted by atomic mass is 32.1. The zero-order chi connectivity index (χ0) is 11.2. The quantitative estimate of drug-likeness (QED) is 0.639. The lowest BCUT2D eigenvalue weighted by Gasteiger charge is -1.84. The molecule has 0 saturated carbocycles. The molecule has 0 aliphatic rings. The summed E-state index contributed by atoms with van der Waals surface area (Å²) in [5.41, 5.74) is 1.05. The van der Waals surface area contributed by atoms with Crippen LogP contribution in [-0.4, -0.2) is 0 Å². The first-order valence-electron chi connectivity index (χ1n) is 5.14. The Morgan fingerprint density at radius 2 is 1.88 bits per heavy atom. The van der Waals surface area contributed by atoms with Crippen LogP contribution < -0.4 is 0 Å². The minimum atomic E-state index is 1.05. The smallest absolute Gasteiger partial charge is 0.0279 e.